The van der Waals surface area contributed by atoms with Gasteiger partial charge in [-0.3, -0.25) is 0 Å². The van der Waals surface area contributed by atoms with Crippen LogP contribution in [0.4, 0.5) is 0 Å². The van der Waals surface area contributed by atoms with Gasteiger partial charge in [-0.1, -0.05) is 164 Å². The first kappa shape index (κ1) is 32.8. The standard InChI is InChI=1S/C53H33NS2/c1-2-12-36(13-3-1)48-32-41(33-49(54-48)47-23-11-22-46-44-19-5-7-25-51(44)56-53(46)47)39-16-8-14-37(30-39)34-26-28-35(29-27-34)38-15-9-17-40(31-38)42-20-10-21-45-43-18-4-6-24-50(43)55-52(42)45/h1-33H. The molecule has 56 heavy (non-hydrogen) atoms. The van der Waals surface area contributed by atoms with Crippen molar-refractivity contribution in [2.75, 3.05) is 0 Å². The Bertz CT molecular complexity index is 3240. The van der Waals surface area contributed by atoms with E-state index in [1.165, 1.54) is 84.9 Å². The minimum absolute atomic E-state index is 0.969. The molecule has 0 unspecified atom stereocenters. The van der Waals surface area contributed by atoms with Gasteiger partial charge in [-0.25, -0.2) is 4.98 Å². The van der Waals surface area contributed by atoms with Crippen LogP contribution in [0.15, 0.2) is 200 Å². The number of rotatable bonds is 6. The van der Waals surface area contributed by atoms with Crippen molar-refractivity contribution in [1.29, 1.82) is 0 Å². The molecule has 3 heterocycles. The van der Waals surface area contributed by atoms with E-state index in [2.05, 4.69) is 200 Å². The van der Waals surface area contributed by atoms with Crippen molar-refractivity contribution in [3.63, 3.8) is 0 Å². The van der Waals surface area contributed by atoms with Crippen LogP contribution in [0.1, 0.15) is 0 Å². The highest BCUT2D eigenvalue weighted by atomic mass is 32.1. The van der Waals surface area contributed by atoms with Crippen LogP contribution in [0.3, 0.4) is 0 Å². The molecule has 0 aliphatic rings. The number of pyridine rings is 1. The SMILES string of the molecule is c1ccc(-c2cc(-c3cccc(-c4ccc(-c5cccc(-c6cccc7c6sc6ccccc67)c5)cc4)c3)cc(-c3cccc4c3sc3ccccc34)n2)cc1. The lowest BCUT2D eigenvalue weighted by Gasteiger charge is -2.12. The molecular weight excluding hydrogens is 715 g/mol. The molecule has 262 valence electrons. The van der Waals surface area contributed by atoms with Gasteiger partial charge in [0.05, 0.1) is 11.4 Å². The topological polar surface area (TPSA) is 12.9 Å². The molecule has 11 aromatic rings. The van der Waals surface area contributed by atoms with Gasteiger partial charge in [0.1, 0.15) is 0 Å². The van der Waals surface area contributed by atoms with Gasteiger partial charge in [0.15, 0.2) is 0 Å². The number of benzene rings is 8. The van der Waals surface area contributed by atoms with E-state index in [9.17, 15) is 0 Å². The molecule has 8 aromatic carbocycles. The number of hydrogen-bond acceptors (Lipinski definition) is 3. The fraction of sp³-hybridized carbons (Fsp3) is 0. The first-order chi connectivity index (χ1) is 27.7. The molecule has 1 nitrogen and oxygen atoms in total. The third kappa shape index (κ3) is 5.72. The second-order valence-electron chi connectivity index (χ2n) is 14.3. The van der Waals surface area contributed by atoms with E-state index in [1.807, 2.05) is 22.7 Å². The first-order valence-corrected chi connectivity index (χ1v) is 20.6. The van der Waals surface area contributed by atoms with Gasteiger partial charge in [0.25, 0.3) is 0 Å². The van der Waals surface area contributed by atoms with E-state index in [4.69, 9.17) is 4.98 Å². The normalized spacial score (nSPS) is 11.6. The number of fused-ring (bicyclic) bond motifs is 6. The number of aromatic nitrogens is 1. The van der Waals surface area contributed by atoms with Crippen LogP contribution in [-0.2, 0) is 0 Å². The Balaban J connectivity index is 0.954. The van der Waals surface area contributed by atoms with Gasteiger partial charge in [-0.15, -0.1) is 22.7 Å². The maximum absolute atomic E-state index is 5.30. The summed E-state index contributed by atoms with van der Waals surface area (Å²) in [4.78, 5) is 5.30. The zero-order chi connectivity index (χ0) is 37.0. The van der Waals surface area contributed by atoms with Gasteiger partial charge in [-0.05, 0) is 80.9 Å². The summed E-state index contributed by atoms with van der Waals surface area (Å²) in [6.45, 7) is 0. The average Bonchev–Trinajstić information content (AvgIpc) is 3.86. The van der Waals surface area contributed by atoms with Crippen molar-refractivity contribution in [2.24, 2.45) is 0 Å². The molecule has 11 rings (SSSR count). The molecule has 0 amide bonds. The zero-order valence-corrected chi connectivity index (χ0v) is 31.9. The summed E-state index contributed by atoms with van der Waals surface area (Å²) in [7, 11) is 0. The molecule has 0 radical (unpaired) electrons. The molecule has 0 bridgehead atoms. The Kier molecular flexibility index (Phi) is 7.94. The maximum Gasteiger partial charge on any atom is 0.0730 e. The third-order valence-corrected chi connectivity index (χ3v) is 13.3. The monoisotopic (exact) mass is 747 g/mol. The van der Waals surface area contributed by atoms with Crippen LogP contribution in [0, 0.1) is 0 Å². The smallest absolute Gasteiger partial charge is 0.0730 e. The van der Waals surface area contributed by atoms with Crippen LogP contribution in [0.5, 0.6) is 0 Å². The molecule has 3 heteroatoms. The molecule has 0 aliphatic carbocycles. The zero-order valence-electron chi connectivity index (χ0n) is 30.3. The molecule has 0 spiro atoms. The number of nitrogens with zero attached hydrogens (tertiary/aromatic N) is 1. The lowest BCUT2D eigenvalue weighted by Crippen LogP contribution is -1.92. The van der Waals surface area contributed by atoms with Gasteiger partial charge in [-0.2, -0.15) is 0 Å². The lowest BCUT2D eigenvalue weighted by atomic mass is 9.94. The second-order valence-corrected chi connectivity index (χ2v) is 16.4. The van der Waals surface area contributed by atoms with Crippen LogP contribution in [-0.4, -0.2) is 4.98 Å². The summed E-state index contributed by atoms with van der Waals surface area (Å²) >= 11 is 3.73. The van der Waals surface area contributed by atoms with Crippen molar-refractivity contribution in [3.05, 3.63) is 200 Å². The fourth-order valence-corrected chi connectivity index (χ4v) is 10.6. The summed E-state index contributed by atoms with van der Waals surface area (Å²) in [5, 5.41) is 5.23. The highest BCUT2D eigenvalue weighted by Crippen LogP contribution is 2.43. The fourth-order valence-electron chi connectivity index (χ4n) is 8.12. The Morgan fingerprint density at radius 2 is 0.714 bits per heavy atom. The van der Waals surface area contributed by atoms with E-state index in [0.717, 1.165) is 22.5 Å². The summed E-state index contributed by atoms with van der Waals surface area (Å²) in [5.74, 6) is 0. The van der Waals surface area contributed by atoms with Gasteiger partial charge in [0.2, 0.25) is 0 Å². The predicted octanol–water partition coefficient (Wildman–Crippen LogP) is 15.8. The third-order valence-electron chi connectivity index (χ3n) is 10.9. The summed E-state index contributed by atoms with van der Waals surface area (Å²) in [6.07, 6.45) is 0. The highest BCUT2D eigenvalue weighted by molar-refractivity contribution is 7.26. The highest BCUT2D eigenvalue weighted by Gasteiger charge is 2.15. The summed E-state index contributed by atoms with van der Waals surface area (Å²) < 4.78 is 5.24. The molecule has 0 saturated heterocycles. The predicted molar refractivity (Wildman–Crippen MR) is 243 cm³/mol. The Labute approximate surface area is 333 Å². The molecular formula is C53H33NS2. The average molecular weight is 748 g/mol. The number of thiophene rings is 2. The minimum atomic E-state index is 0.969. The van der Waals surface area contributed by atoms with Gasteiger partial charge < -0.3 is 0 Å². The second kappa shape index (κ2) is 13.6. The molecule has 0 aliphatic heterocycles. The van der Waals surface area contributed by atoms with Crippen molar-refractivity contribution in [1.82, 2.24) is 4.98 Å². The summed E-state index contributed by atoms with van der Waals surface area (Å²) in [6, 6.07) is 72.6. The van der Waals surface area contributed by atoms with Crippen LogP contribution < -0.4 is 0 Å². The lowest BCUT2D eigenvalue weighted by molar-refractivity contribution is 1.33. The molecule has 3 aromatic heterocycles. The molecule has 0 atom stereocenters. The molecule has 0 fully saturated rings. The van der Waals surface area contributed by atoms with E-state index >= 15 is 0 Å². The van der Waals surface area contributed by atoms with Crippen LogP contribution in [0.2, 0.25) is 0 Å². The van der Waals surface area contributed by atoms with Crippen LogP contribution in [0.25, 0.3) is 107 Å². The van der Waals surface area contributed by atoms with E-state index < -0.39 is 0 Å². The minimum Gasteiger partial charge on any atom is -0.248 e. The van der Waals surface area contributed by atoms with Crippen LogP contribution >= 0.6 is 22.7 Å². The Hall–Kier alpha value is -6.65. The first-order valence-electron chi connectivity index (χ1n) is 18.9. The maximum atomic E-state index is 5.30. The van der Waals surface area contributed by atoms with E-state index in [0.29, 0.717) is 0 Å². The van der Waals surface area contributed by atoms with Crippen molar-refractivity contribution < 1.29 is 0 Å². The Morgan fingerprint density at radius 3 is 1.36 bits per heavy atom. The summed E-state index contributed by atoms with van der Waals surface area (Å²) in [5.41, 5.74) is 13.9. The Morgan fingerprint density at radius 1 is 0.268 bits per heavy atom. The van der Waals surface area contributed by atoms with Gasteiger partial charge in [0, 0.05) is 51.5 Å². The van der Waals surface area contributed by atoms with Crippen molar-refractivity contribution >= 4 is 63.0 Å². The number of hydrogen-bond donors (Lipinski definition) is 0. The van der Waals surface area contributed by atoms with Gasteiger partial charge >= 0.3 is 0 Å². The van der Waals surface area contributed by atoms with Crippen molar-refractivity contribution in [2.45, 2.75) is 0 Å². The van der Waals surface area contributed by atoms with Crippen molar-refractivity contribution in [3.8, 4) is 67.0 Å². The molecule has 0 N–H and O–H groups in total. The quantitative estimate of drug-likeness (QED) is 0.165. The largest absolute Gasteiger partial charge is 0.248 e. The molecule has 0 saturated carbocycles. The van der Waals surface area contributed by atoms with E-state index in [-0.39, 0.29) is 0 Å². The van der Waals surface area contributed by atoms with E-state index in [1.54, 1.807) is 0 Å².